The maximum absolute atomic E-state index is 5.36. The number of rotatable bonds is 7. The Labute approximate surface area is 160 Å². The van der Waals surface area contributed by atoms with Crippen molar-refractivity contribution in [1.82, 2.24) is 14.9 Å². The number of aryl methyl sites for hydroxylation is 1. The SMILES string of the molecule is COc1cccc(CN(Cc2cnc(-c3cccc(C)c3)nc2)C2CC2)c1. The summed E-state index contributed by atoms with van der Waals surface area (Å²) in [4.78, 5) is 11.7. The Hall–Kier alpha value is -2.72. The monoisotopic (exact) mass is 359 g/mol. The van der Waals surface area contributed by atoms with Gasteiger partial charge in [-0.3, -0.25) is 4.90 Å². The number of nitrogens with zero attached hydrogens (tertiary/aromatic N) is 3. The topological polar surface area (TPSA) is 38.2 Å². The summed E-state index contributed by atoms with van der Waals surface area (Å²) in [5, 5.41) is 0. The Morgan fingerprint density at radius 3 is 2.41 bits per heavy atom. The molecule has 0 aliphatic heterocycles. The maximum atomic E-state index is 5.36. The zero-order valence-electron chi connectivity index (χ0n) is 15.9. The molecule has 3 aromatic rings. The van der Waals surface area contributed by atoms with Crippen LogP contribution in [0.2, 0.25) is 0 Å². The van der Waals surface area contributed by atoms with Crippen LogP contribution in [0.3, 0.4) is 0 Å². The zero-order chi connectivity index (χ0) is 18.6. The Kier molecular flexibility index (Phi) is 5.16. The minimum atomic E-state index is 0.660. The summed E-state index contributed by atoms with van der Waals surface area (Å²) in [6.07, 6.45) is 6.47. The number of hydrogen-bond donors (Lipinski definition) is 0. The molecule has 27 heavy (non-hydrogen) atoms. The highest BCUT2D eigenvalue weighted by atomic mass is 16.5. The van der Waals surface area contributed by atoms with Gasteiger partial charge in [-0.15, -0.1) is 0 Å². The van der Waals surface area contributed by atoms with Crippen molar-refractivity contribution < 1.29 is 4.74 Å². The van der Waals surface area contributed by atoms with Crippen molar-refractivity contribution in [2.75, 3.05) is 7.11 Å². The smallest absolute Gasteiger partial charge is 0.159 e. The molecule has 0 unspecified atom stereocenters. The lowest BCUT2D eigenvalue weighted by molar-refractivity contribution is 0.245. The molecule has 138 valence electrons. The van der Waals surface area contributed by atoms with E-state index in [1.165, 1.54) is 24.0 Å². The Morgan fingerprint density at radius 1 is 0.963 bits per heavy atom. The first-order chi connectivity index (χ1) is 13.2. The second-order valence-electron chi connectivity index (χ2n) is 7.27. The van der Waals surface area contributed by atoms with Gasteiger partial charge in [0.2, 0.25) is 0 Å². The Balaban J connectivity index is 1.47. The quantitative estimate of drug-likeness (QED) is 0.617. The summed E-state index contributed by atoms with van der Waals surface area (Å²) in [6, 6.07) is 17.3. The zero-order valence-corrected chi connectivity index (χ0v) is 15.9. The second kappa shape index (κ2) is 7.89. The van der Waals surface area contributed by atoms with E-state index >= 15 is 0 Å². The number of methoxy groups -OCH3 is 1. The van der Waals surface area contributed by atoms with Gasteiger partial charge < -0.3 is 4.74 Å². The van der Waals surface area contributed by atoms with Crippen LogP contribution in [0.4, 0.5) is 0 Å². The van der Waals surface area contributed by atoms with Crippen molar-refractivity contribution in [3.8, 4) is 17.1 Å². The van der Waals surface area contributed by atoms with Gasteiger partial charge in [0.25, 0.3) is 0 Å². The van der Waals surface area contributed by atoms with E-state index in [2.05, 4.69) is 58.2 Å². The van der Waals surface area contributed by atoms with Crippen molar-refractivity contribution in [2.24, 2.45) is 0 Å². The molecule has 1 aromatic heterocycles. The van der Waals surface area contributed by atoms with E-state index in [1.807, 2.05) is 24.5 Å². The van der Waals surface area contributed by atoms with E-state index in [-0.39, 0.29) is 0 Å². The summed E-state index contributed by atoms with van der Waals surface area (Å²) in [7, 11) is 1.71. The summed E-state index contributed by atoms with van der Waals surface area (Å²) in [5.41, 5.74) is 4.72. The van der Waals surface area contributed by atoms with Crippen molar-refractivity contribution in [2.45, 2.75) is 38.9 Å². The molecule has 1 fully saturated rings. The summed E-state index contributed by atoms with van der Waals surface area (Å²) in [5.74, 6) is 1.70. The molecule has 1 heterocycles. The first kappa shape index (κ1) is 17.7. The largest absolute Gasteiger partial charge is 0.497 e. The lowest BCUT2D eigenvalue weighted by Gasteiger charge is -2.22. The predicted octanol–water partition coefficient (Wildman–Crippen LogP) is 4.63. The molecule has 4 nitrogen and oxygen atoms in total. The van der Waals surface area contributed by atoms with Gasteiger partial charge in [0.15, 0.2) is 5.82 Å². The Bertz CT molecular complexity index is 904. The molecule has 0 N–H and O–H groups in total. The van der Waals surface area contributed by atoms with Crippen LogP contribution < -0.4 is 4.74 Å². The number of benzene rings is 2. The minimum absolute atomic E-state index is 0.660. The normalized spacial score (nSPS) is 13.7. The summed E-state index contributed by atoms with van der Waals surface area (Å²) in [6.45, 7) is 3.88. The van der Waals surface area contributed by atoms with E-state index in [4.69, 9.17) is 4.74 Å². The van der Waals surface area contributed by atoms with E-state index in [1.54, 1.807) is 7.11 Å². The molecule has 0 radical (unpaired) electrons. The van der Waals surface area contributed by atoms with Crippen LogP contribution in [0.15, 0.2) is 60.9 Å². The van der Waals surface area contributed by atoms with Gasteiger partial charge in [-0.05, 0) is 43.5 Å². The van der Waals surface area contributed by atoms with E-state index in [0.29, 0.717) is 6.04 Å². The number of aromatic nitrogens is 2. The highest BCUT2D eigenvalue weighted by molar-refractivity contribution is 5.55. The van der Waals surface area contributed by atoms with Crippen LogP contribution in [0.1, 0.15) is 29.5 Å². The van der Waals surface area contributed by atoms with Crippen LogP contribution in [-0.2, 0) is 13.1 Å². The molecule has 0 spiro atoms. The fourth-order valence-electron chi connectivity index (χ4n) is 3.36. The second-order valence-corrected chi connectivity index (χ2v) is 7.27. The van der Waals surface area contributed by atoms with Gasteiger partial charge in [-0.1, -0.05) is 35.9 Å². The van der Waals surface area contributed by atoms with Crippen LogP contribution in [0.25, 0.3) is 11.4 Å². The maximum Gasteiger partial charge on any atom is 0.159 e. The van der Waals surface area contributed by atoms with Crippen LogP contribution in [0, 0.1) is 6.92 Å². The average molecular weight is 359 g/mol. The van der Waals surface area contributed by atoms with Crippen molar-refractivity contribution in [3.05, 3.63) is 77.6 Å². The molecule has 0 atom stereocenters. The van der Waals surface area contributed by atoms with Gasteiger partial charge in [0, 0.05) is 42.7 Å². The van der Waals surface area contributed by atoms with Gasteiger partial charge in [-0.25, -0.2) is 9.97 Å². The third kappa shape index (κ3) is 4.52. The van der Waals surface area contributed by atoms with Crippen LogP contribution in [-0.4, -0.2) is 28.0 Å². The lowest BCUT2D eigenvalue weighted by atomic mass is 10.1. The number of ether oxygens (including phenoxy) is 1. The van der Waals surface area contributed by atoms with Gasteiger partial charge in [0.05, 0.1) is 7.11 Å². The van der Waals surface area contributed by atoms with Gasteiger partial charge >= 0.3 is 0 Å². The van der Waals surface area contributed by atoms with Crippen LogP contribution in [0.5, 0.6) is 5.75 Å². The first-order valence-electron chi connectivity index (χ1n) is 9.46. The van der Waals surface area contributed by atoms with E-state index in [9.17, 15) is 0 Å². The third-order valence-corrected chi connectivity index (χ3v) is 4.95. The fraction of sp³-hybridized carbons (Fsp3) is 0.304. The van der Waals surface area contributed by atoms with Crippen molar-refractivity contribution >= 4 is 0 Å². The highest BCUT2D eigenvalue weighted by Gasteiger charge is 2.29. The molecular weight excluding hydrogens is 334 g/mol. The first-order valence-corrected chi connectivity index (χ1v) is 9.46. The van der Waals surface area contributed by atoms with Crippen molar-refractivity contribution in [1.29, 1.82) is 0 Å². The van der Waals surface area contributed by atoms with Gasteiger partial charge in [-0.2, -0.15) is 0 Å². The summed E-state index contributed by atoms with van der Waals surface area (Å²) < 4.78 is 5.36. The molecule has 4 heteroatoms. The molecule has 1 aliphatic rings. The van der Waals surface area contributed by atoms with Gasteiger partial charge in [0.1, 0.15) is 5.75 Å². The van der Waals surface area contributed by atoms with Crippen LogP contribution >= 0.6 is 0 Å². The molecule has 0 amide bonds. The fourth-order valence-corrected chi connectivity index (χ4v) is 3.36. The van der Waals surface area contributed by atoms with Crippen molar-refractivity contribution in [3.63, 3.8) is 0 Å². The molecule has 4 rings (SSSR count). The average Bonchev–Trinajstić information content (AvgIpc) is 3.53. The molecule has 0 bridgehead atoms. The molecule has 1 aliphatic carbocycles. The lowest BCUT2D eigenvalue weighted by Crippen LogP contribution is -2.25. The third-order valence-electron chi connectivity index (χ3n) is 4.95. The number of hydrogen-bond acceptors (Lipinski definition) is 4. The molecular formula is C23H25N3O. The van der Waals surface area contributed by atoms with E-state index < -0.39 is 0 Å². The highest BCUT2D eigenvalue weighted by Crippen LogP contribution is 2.30. The standard InChI is InChI=1S/C23H25N3O/c1-17-5-3-7-20(11-17)23-24-13-19(14-25-23)16-26(21-9-10-21)15-18-6-4-8-22(12-18)27-2/h3-8,11-14,21H,9-10,15-16H2,1-2H3. The Morgan fingerprint density at radius 2 is 1.70 bits per heavy atom. The predicted molar refractivity (Wildman–Crippen MR) is 107 cm³/mol. The molecule has 2 aromatic carbocycles. The molecule has 0 saturated heterocycles. The minimum Gasteiger partial charge on any atom is -0.497 e. The van der Waals surface area contributed by atoms with E-state index in [0.717, 1.165) is 35.8 Å². The summed E-state index contributed by atoms with van der Waals surface area (Å²) >= 11 is 0. The molecule has 1 saturated carbocycles.